The fourth-order valence-electron chi connectivity index (χ4n) is 1.38. The van der Waals surface area contributed by atoms with E-state index in [2.05, 4.69) is 0 Å². The predicted molar refractivity (Wildman–Crippen MR) is 73.3 cm³/mol. The zero-order valence-corrected chi connectivity index (χ0v) is 12.7. The average molecular weight is 326 g/mol. The summed E-state index contributed by atoms with van der Waals surface area (Å²) in [5, 5.41) is 0.130. The van der Waals surface area contributed by atoms with E-state index in [0.717, 1.165) is 0 Å². The largest absolute Gasteiger partial charge is 0.383 e. The zero-order chi connectivity index (χ0) is 14.6. The Labute approximate surface area is 121 Å². The quantitative estimate of drug-likeness (QED) is 0.776. The van der Waals surface area contributed by atoms with Crippen LogP contribution >= 0.6 is 22.3 Å². The summed E-state index contributed by atoms with van der Waals surface area (Å²) in [7, 11) is 4.41. The van der Waals surface area contributed by atoms with Crippen molar-refractivity contribution >= 4 is 37.2 Å². The van der Waals surface area contributed by atoms with Crippen LogP contribution in [0.2, 0.25) is 5.02 Å². The van der Waals surface area contributed by atoms with Crippen LogP contribution in [0.15, 0.2) is 23.1 Å². The molecular formula is C11H13Cl2NO4S. The number of ether oxygens (including phenoxy) is 1. The fourth-order valence-corrected chi connectivity index (χ4v) is 2.48. The topological polar surface area (TPSA) is 63.7 Å². The van der Waals surface area contributed by atoms with E-state index >= 15 is 0 Å². The molecule has 0 aliphatic heterocycles. The lowest BCUT2D eigenvalue weighted by Gasteiger charge is -2.17. The Hall–Kier alpha value is -0.820. The molecule has 106 valence electrons. The molecule has 19 heavy (non-hydrogen) atoms. The van der Waals surface area contributed by atoms with Gasteiger partial charge in [0.05, 0.1) is 11.5 Å². The summed E-state index contributed by atoms with van der Waals surface area (Å²) in [6, 6.07) is 3.77. The summed E-state index contributed by atoms with van der Waals surface area (Å²) in [5.41, 5.74) is 0.158. The summed E-state index contributed by atoms with van der Waals surface area (Å²) >= 11 is 5.79. The van der Waals surface area contributed by atoms with Gasteiger partial charge in [-0.25, -0.2) is 8.42 Å². The van der Waals surface area contributed by atoms with Gasteiger partial charge >= 0.3 is 0 Å². The van der Waals surface area contributed by atoms with Gasteiger partial charge in [0.1, 0.15) is 0 Å². The molecule has 0 aromatic heterocycles. The van der Waals surface area contributed by atoms with Crippen molar-refractivity contribution in [2.24, 2.45) is 0 Å². The Morgan fingerprint density at radius 3 is 2.53 bits per heavy atom. The van der Waals surface area contributed by atoms with Crippen molar-refractivity contribution in [2.45, 2.75) is 4.90 Å². The molecule has 0 saturated heterocycles. The number of amides is 1. The highest BCUT2D eigenvalue weighted by molar-refractivity contribution is 8.13. The molecule has 0 atom stereocenters. The maximum Gasteiger partial charge on any atom is 0.261 e. The Morgan fingerprint density at radius 1 is 1.37 bits per heavy atom. The van der Waals surface area contributed by atoms with Gasteiger partial charge in [-0.1, -0.05) is 11.6 Å². The lowest BCUT2D eigenvalue weighted by Crippen LogP contribution is -2.30. The van der Waals surface area contributed by atoms with E-state index in [9.17, 15) is 13.2 Å². The van der Waals surface area contributed by atoms with E-state index in [1.165, 1.54) is 30.2 Å². The molecule has 0 aliphatic rings. The SMILES string of the molecule is COCCN(C)C(=O)c1cc(Cl)cc(S(=O)(=O)Cl)c1. The van der Waals surface area contributed by atoms with Crippen molar-refractivity contribution in [1.82, 2.24) is 4.90 Å². The smallest absolute Gasteiger partial charge is 0.261 e. The van der Waals surface area contributed by atoms with Crippen LogP contribution in [0.3, 0.4) is 0 Å². The van der Waals surface area contributed by atoms with Crippen LogP contribution in [0.1, 0.15) is 10.4 Å². The molecular weight excluding hydrogens is 313 g/mol. The minimum atomic E-state index is -3.93. The third kappa shape index (κ3) is 4.65. The highest BCUT2D eigenvalue weighted by atomic mass is 35.7. The Kier molecular flexibility index (Phi) is 5.61. The summed E-state index contributed by atoms with van der Waals surface area (Å²) in [6.45, 7) is 0.758. The molecule has 0 radical (unpaired) electrons. The highest BCUT2D eigenvalue weighted by Gasteiger charge is 2.17. The molecule has 1 rings (SSSR count). The number of carbonyl (C=O) groups is 1. The van der Waals surface area contributed by atoms with Gasteiger partial charge < -0.3 is 9.64 Å². The van der Waals surface area contributed by atoms with Gasteiger partial charge in [-0.15, -0.1) is 0 Å². The average Bonchev–Trinajstić information content (AvgIpc) is 2.33. The first-order valence-corrected chi connectivity index (χ1v) is 7.94. The van der Waals surface area contributed by atoms with E-state index in [0.29, 0.717) is 13.2 Å². The predicted octanol–water partition coefficient (Wildman–Crippen LogP) is 1.99. The van der Waals surface area contributed by atoms with Crippen LogP contribution in [0.5, 0.6) is 0 Å². The molecule has 0 saturated carbocycles. The van der Waals surface area contributed by atoms with Gasteiger partial charge in [0.25, 0.3) is 15.0 Å². The van der Waals surface area contributed by atoms with E-state index in [1.807, 2.05) is 0 Å². The Morgan fingerprint density at radius 2 is 2.00 bits per heavy atom. The van der Waals surface area contributed by atoms with Crippen LogP contribution in [0.25, 0.3) is 0 Å². The van der Waals surface area contributed by atoms with E-state index in [4.69, 9.17) is 27.0 Å². The van der Waals surface area contributed by atoms with E-state index in [-0.39, 0.29) is 21.4 Å². The minimum absolute atomic E-state index is 0.130. The molecule has 1 aromatic rings. The second-order valence-corrected chi connectivity index (χ2v) is 6.84. The first-order valence-electron chi connectivity index (χ1n) is 5.25. The lowest BCUT2D eigenvalue weighted by molar-refractivity contribution is 0.0744. The number of benzene rings is 1. The molecule has 0 aliphatic carbocycles. The number of likely N-dealkylation sites (N-methyl/N-ethyl adjacent to an activating group) is 1. The van der Waals surface area contributed by atoms with Crippen molar-refractivity contribution in [2.75, 3.05) is 27.3 Å². The number of methoxy groups -OCH3 is 1. The molecule has 0 heterocycles. The number of carbonyl (C=O) groups excluding carboxylic acids is 1. The van der Waals surface area contributed by atoms with Crippen LogP contribution in [0.4, 0.5) is 0 Å². The van der Waals surface area contributed by atoms with Crippen LogP contribution in [-0.2, 0) is 13.8 Å². The maximum absolute atomic E-state index is 12.1. The Bertz CT molecular complexity index is 574. The van der Waals surface area contributed by atoms with Gasteiger partial charge in [0.2, 0.25) is 0 Å². The molecule has 1 aromatic carbocycles. The molecule has 5 nitrogen and oxygen atoms in total. The van der Waals surface area contributed by atoms with Crippen molar-refractivity contribution in [1.29, 1.82) is 0 Å². The fraction of sp³-hybridized carbons (Fsp3) is 0.364. The van der Waals surface area contributed by atoms with Gasteiger partial charge in [-0.05, 0) is 18.2 Å². The summed E-state index contributed by atoms with van der Waals surface area (Å²) < 4.78 is 27.4. The zero-order valence-electron chi connectivity index (χ0n) is 10.4. The second kappa shape index (κ2) is 6.56. The summed E-state index contributed by atoms with van der Waals surface area (Å²) in [4.78, 5) is 13.3. The molecule has 1 amide bonds. The van der Waals surface area contributed by atoms with E-state index < -0.39 is 9.05 Å². The number of rotatable bonds is 5. The minimum Gasteiger partial charge on any atom is -0.383 e. The van der Waals surface area contributed by atoms with Crippen molar-refractivity contribution < 1.29 is 17.9 Å². The molecule has 0 N–H and O–H groups in total. The van der Waals surface area contributed by atoms with Crippen LogP contribution in [0, 0.1) is 0 Å². The molecule has 8 heteroatoms. The van der Waals surface area contributed by atoms with Crippen LogP contribution in [-0.4, -0.2) is 46.5 Å². The second-order valence-electron chi connectivity index (χ2n) is 3.83. The molecule has 0 unspecified atom stereocenters. The number of hydrogen-bond acceptors (Lipinski definition) is 4. The summed E-state index contributed by atoms with van der Waals surface area (Å²) in [5.74, 6) is -0.360. The normalized spacial score (nSPS) is 11.4. The Balaban J connectivity index is 3.07. The molecule has 0 fully saturated rings. The van der Waals surface area contributed by atoms with E-state index in [1.54, 1.807) is 7.05 Å². The van der Waals surface area contributed by atoms with Crippen molar-refractivity contribution in [3.63, 3.8) is 0 Å². The van der Waals surface area contributed by atoms with Gasteiger partial charge in [0, 0.05) is 42.0 Å². The molecule has 0 bridgehead atoms. The first-order chi connectivity index (χ1) is 8.75. The molecule has 0 spiro atoms. The van der Waals surface area contributed by atoms with Crippen molar-refractivity contribution in [3.8, 4) is 0 Å². The third-order valence-corrected chi connectivity index (χ3v) is 3.93. The first kappa shape index (κ1) is 16.2. The van der Waals surface area contributed by atoms with Crippen molar-refractivity contribution in [3.05, 3.63) is 28.8 Å². The third-order valence-electron chi connectivity index (χ3n) is 2.38. The maximum atomic E-state index is 12.1. The lowest BCUT2D eigenvalue weighted by atomic mass is 10.2. The highest BCUT2D eigenvalue weighted by Crippen LogP contribution is 2.22. The van der Waals surface area contributed by atoms with Gasteiger partial charge in [-0.2, -0.15) is 0 Å². The monoisotopic (exact) mass is 325 g/mol. The standard InChI is InChI=1S/C11H13Cl2NO4S/c1-14(3-4-18-2)11(15)8-5-9(12)7-10(6-8)19(13,16)17/h5-7H,3-4H2,1-2H3. The summed E-state index contributed by atoms with van der Waals surface area (Å²) in [6.07, 6.45) is 0. The van der Waals surface area contributed by atoms with Gasteiger partial charge in [0.15, 0.2) is 0 Å². The number of nitrogens with zero attached hydrogens (tertiary/aromatic N) is 1. The van der Waals surface area contributed by atoms with Crippen LogP contribution < -0.4 is 0 Å². The number of halogens is 2. The number of hydrogen-bond donors (Lipinski definition) is 0. The van der Waals surface area contributed by atoms with Gasteiger partial charge in [-0.3, -0.25) is 4.79 Å².